The minimum atomic E-state index is -0.784. The van der Waals surface area contributed by atoms with Crippen molar-refractivity contribution in [1.82, 2.24) is 0 Å². The fourth-order valence-corrected chi connectivity index (χ4v) is 9.46. The number of hydrogen-bond acceptors (Lipinski definition) is 6. The molecular formula is C70H124O6. The molecule has 0 aromatic rings. The molecule has 0 saturated carbocycles. The average molecular weight is 1060 g/mol. The van der Waals surface area contributed by atoms with Gasteiger partial charge in [0.1, 0.15) is 13.2 Å². The third kappa shape index (κ3) is 61.7. The maximum atomic E-state index is 12.9. The van der Waals surface area contributed by atoms with Gasteiger partial charge in [-0.3, -0.25) is 14.4 Å². The molecular weight excluding hydrogens is 937 g/mol. The van der Waals surface area contributed by atoms with Crippen molar-refractivity contribution in [2.75, 3.05) is 13.2 Å². The summed E-state index contributed by atoms with van der Waals surface area (Å²) < 4.78 is 16.9. The van der Waals surface area contributed by atoms with Crippen molar-refractivity contribution >= 4 is 17.9 Å². The van der Waals surface area contributed by atoms with E-state index in [0.717, 1.165) is 96.3 Å². The van der Waals surface area contributed by atoms with E-state index in [1.807, 2.05) is 0 Å². The highest BCUT2D eigenvalue weighted by molar-refractivity contribution is 5.71. The molecule has 0 aliphatic rings. The van der Waals surface area contributed by atoms with Crippen LogP contribution in [0, 0.1) is 0 Å². The highest BCUT2D eigenvalue weighted by Crippen LogP contribution is 2.17. The first-order valence-electron chi connectivity index (χ1n) is 32.9. The van der Waals surface area contributed by atoms with Gasteiger partial charge >= 0.3 is 17.9 Å². The topological polar surface area (TPSA) is 78.9 Å². The van der Waals surface area contributed by atoms with Crippen molar-refractivity contribution in [2.45, 2.75) is 341 Å². The summed E-state index contributed by atoms with van der Waals surface area (Å²) in [6, 6.07) is 0. The highest BCUT2D eigenvalue weighted by Gasteiger charge is 2.19. The van der Waals surface area contributed by atoms with Gasteiger partial charge in [0.25, 0.3) is 0 Å². The minimum Gasteiger partial charge on any atom is -0.462 e. The van der Waals surface area contributed by atoms with E-state index in [2.05, 4.69) is 93.7 Å². The molecule has 0 radical (unpaired) electrons. The molecule has 6 nitrogen and oxygen atoms in total. The second-order valence-electron chi connectivity index (χ2n) is 22.0. The van der Waals surface area contributed by atoms with Crippen LogP contribution in [0.15, 0.2) is 72.9 Å². The van der Waals surface area contributed by atoms with Gasteiger partial charge in [-0.15, -0.1) is 0 Å². The summed E-state index contributed by atoms with van der Waals surface area (Å²) in [6.07, 6.45) is 83.3. The van der Waals surface area contributed by atoms with Crippen molar-refractivity contribution in [1.29, 1.82) is 0 Å². The first kappa shape index (κ1) is 72.8. The number of allylic oxidation sites excluding steroid dienone is 12. The molecule has 440 valence electrons. The fourth-order valence-electron chi connectivity index (χ4n) is 9.46. The van der Waals surface area contributed by atoms with E-state index in [0.29, 0.717) is 19.3 Å². The number of ether oxygens (including phenoxy) is 3. The second kappa shape index (κ2) is 64.4. The van der Waals surface area contributed by atoms with Gasteiger partial charge in [0.2, 0.25) is 0 Å². The predicted octanol–water partition coefficient (Wildman–Crippen LogP) is 22.5. The standard InChI is InChI=1S/C70H124O6/c1-4-7-10-13-16-19-22-25-28-30-32-33-34-35-36-37-39-40-42-45-48-51-54-57-60-63-69(72)75-66-67(65-74-68(71)62-59-56-53-50-47-44-27-24-21-18-15-12-9-6-3)76-70(73)64-61-58-55-52-49-46-43-41-38-31-29-26-23-20-17-14-11-8-5-2/h17,20,22,25-26,29-30,32,34-35,38,41,67H,4-16,18-19,21,23-24,27-28,31,33,36-37,39-40,42-66H2,1-3H3/b20-17-,25-22-,29-26-,32-30-,35-34-,41-38-. The summed E-state index contributed by atoms with van der Waals surface area (Å²) in [7, 11) is 0. The van der Waals surface area contributed by atoms with E-state index >= 15 is 0 Å². The molecule has 0 spiro atoms. The number of rotatable bonds is 60. The molecule has 0 fully saturated rings. The van der Waals surface area contributed by atoms with Crippen LogP contribution >= 0.6 is 0 Å². The molecule has 0 amide bonds. The van der Waals surface area contributed by atoms with E-state index in [1.54, 1.807) is 0 Å². The van der Waals surface area contributed by atoms with Crippen LogP contribution in [0.5, 0.6) is 0 Å². The van der Waals surface area contributed by atoms with Crippen LogP contribution in [0.3, 0.4) is 0 Å². The Balaban J connectivity index is 4.34. The van der Waals surface area contributed by atoms with E-state index in [-0.39, 0.29) is 31.1 Å². The smallest absolute Gasteiger partial charge is 0.306 e. The van der Waals surface area contributed by atoms with E-state index in [1.165, 1.54) is 199 Å². The monoisotopic (exact) mass is 1060 g/mol. The second-order valence-corrected chi connectivity index (χ2v) is 22.0. The molecule has 0 aromatic carbocycles. The number of carbonyl (C=O) groups excluding carboxylic acids is 3. The molecule has 0 aliphatic heterocycles. The quantitative estimate of drug-likeness (QED) is 0.0261. The summed E-state index contributed by atoms with van der Waals surface area (Å²) in [4.78, 5) is 38.3. The lowest BCUT2D eigenvalue weighted by molar-refractivity contribution is -0.167. The van der Waals surface area contributed by atoms with E-state index in [9.17, 15) is 14.4 Å². The first-order valence-corrected chi connectivity index (χ1v) is 32.9. The maximum Gasteiger partial charge on any atom is 0.306 e. The van der Waals surface area contributed by atoms with Crippen LogP contribution in [0.4, 0.5) is 0 Å². The van der Waals surface area contributed by atoms with Crippen LogP contribution in [0.2, 0.25) is 0 Å². The van der Waals surface area contributed by atoms with Crippen molar-refractivity contribution in [3.05, 3.63) is 72.9 Å². The van der Waals surface area contributed by atoms with Gasteiger partial charge in [0, 0.05) is 19.3 Å². The summed E-state index contributed by atoms with van der Waals surface area (Å²) in [5, 5.41) is 0. The Morgan fingerprint density at radius 3 is 0.763 bits per heavy atom. The van der Waals surface area contributed by atoms with E-state index < -0.39 is 6.10 Å². The zero-order chi connectivity index (χ0) is 55.0. The Hall–Kier alpha value is -3.15. The van der Waals surface area contributed by atoms with Crippen LogP contribution in [0.1, 0.15) is 335 Å². The molecule has 0 saturated heterocycles. The molecule has 6 heteroatoms. The maximum absolute atomic E-state index is 12.9. The first-order chi connectivity index (χ1) is 37.5. The fraction of sp³-hybridized carbons (Fsp3) is 0.786. The van der Waals surface area contributed by atoms with Crippen LogP contribution in [0.25, 0.3) is 0 Å². The number of unbranched alkanes of at least 4 members (excludes halogenated alkanes) is 37. The third-order valence-electron chi connectivity index (χ3n) is 14.4. The Morgan fingerprint density at radius 1 is 0.263 bits per heavy atom. The predicted molar refractivity (Wildman–Crippen MR) is 330 cm³/mol. The molecule has 0 aliphatic carbocycles. The molecule has 76 heavy (non-hydrogen) atoms. The minimum absolute atomic E-state index is 0.0789. The molecule has 0 N–H and O–H groups in total. The third-order valence-corrected chi connectivity index (χ3v) is 14.4. The van der Waals surface area contributed by atoms with Gasteiger partial charge in [0.15, 0.2) is 6.10 Å². The van der Waals surface area contributed by atoms with Crippen LogP contribution in [-0.2, 0) is 28.6 Å². The zero-order valence-corrected chi connectivity index (χ0v) is 50.5. The molecule has 1 atom stereocenters. The van der Waals surface area contributed by atoms with Gasteiger partial charge in [-0.05, 0) is 96.3 Å². The van der Waals surface area contributed by atoms with Crippen LogP contribution in [-0.4, -0.2) is 37.2 Å². The number of carbonyl (C=O) groups is 3. The molecule has 0 bridgehead atoms. The van der Waals surface area contributed by atoms with Gasteiger partial charge in [-0.2, -0.15) is 0 Å². The Kier molecular flexibility index (Phi) is 61.7. The Labute approximate surface area is 472 Å². The lowest BCUT2D eigenvalue weighted by atomic mass is 10.0. The summed E-state index contributed by atoms with van der Waals surface area (Å²) in [5.74, 6) is -0.879. The van der Waals surface area contributed by atoms with Crippen LogP contribution < -0.4 is 0 Å². The van der Waals surface area contributed by atoms with Crippen molar-refractivity contribution < 1.29 is 28.6 Å². The zero-order valence-electron chi connectivity index (χ0n) is 50.5. The van der Waals surface area contributed by atoms with Crippen molar-refractivity contribution in [3.63, 3.8) is 0 Å². The molecule has 1 unspecified atom stereocenters. The summed E-state index contributed by atoms with van der Waals surface area (Å²) in [5.41, 5.74) is 0. The summed E-state index contributed by atoms with van der Waals surface area (Å²) in [6.45, 7) is 6.63. The average Bonchev–Trinajstić information content (AvgIpc) is 3.42. The SMILES string of the molecule is CCCCC/C=C\C/C=C\C/C=C\CCCCCCCCC(=O)OC(COC(=O)CCCCCCCCCCCC/C=C\C/C=C\C/C=C\CCCCCCC)COC(=O)CCCCCCCCCCCCCCCC. The van der Waals surface area contributed by atoms with Gasteiger partial charge in [-0.25, -0.2) is 0 Å². The Bertz CT molecular complexity index is 1400. The Morgan fingerprint density at radius 2 is 0.474 bits per heavy atom. The lowest BCUT2D eigenvalue weighted by Crippen LogP contribution is -2.30. The van der Waals surface area contributed by atoms with Gasteiger partial charge in [0.05, 0.1) is 0 Å². The largest absolute Gasteiger partial charge is 0.462 e. The number of esters is 3. The highest BCUT2D eigenvalue weighted by atomic mass is 16.6. The van der Waals surface area contributed by atoms with Gasteiger partial charge in [-0.1, -0.05) is 293 Å². The van der Waals surface area contributed by atoms with E-state index in [4.69, 9.17) is 14.2 Å². The molecule has 0 aromatic heterocycles. The summed E-state index contributed by atoms with van der Waals surface area (Å²) >= 11 is 0. The van der Waals surface area contributed by atoms with Crippen molar-refractivity contribution in [2.24, 2.45) is 0 Å². The normalized spacial score (nSPS) is 12.5. The lowest BCUT2D eigenvalue weighted by Gasteiger charge is -2.18. The van der Waals surface area contributed by atoms with Crippen molar-refractivity contribution in [3.8, 4) is 0 Å². The molecule has 0 rings (SSSR count). The number of hydrogen-bond donors (Lipinski definition) is 0. The van der Waals surface area contributed by atoms with Gasteiger partial charge < -0.3 is 14.2 Å². The molecule has 0 heterocycles.